The Morgan fingerprint density at radius 1 is 1.32 bits per heavy atom. The number of aromatic nitrogens is 3. The van der Waals surface area contributed by atoms with Crippen molar-refractivity contribution in [1.29, 1.82) is 0 Å². The minimum atomic E-state index is -0.230. The van der Waals surface area contributed by atoms with Crippen molar-refractivity contribution in [3.63, 3.8) is 0 Å². The molecule has 1 atom stereocenters. The van der Waals surface area contributed by atoms with E-state index >= 15 is 0 Å². The highest BCUT2D eigenvalue weighted by Gasteiger charge is 2.09. The molecule has 3 aromatic rings. The van der Waals surface area contributed by atoms with Crippen LogP contribution in [-0.4, -0.2) is 20.8 Å². The van der Waals surface area contributed by atoms with Gasteiger partial charge in [-0.05, 0) is 43.2 Å². The molecule has 0 radical (unpaired) electrons. The molecule has 22 heavy (non-hydrogen) atoms. The molecule has 0 fully saturated rings. The largest absolute Gasteiger partial charge is 0.308 e. The number of hydrogen-bond acceptors (Lipinski definition) is 3. The van der Waals surface area contributed by atoms with Gasteiger partial charge in [0.1, 0.15) is 5.82 Å². The highest BCUT2D eigenvalue weighted by atomic mass is 19.1. The summed E-state index contributed by atoms with van der Waals surface area (Å²) in [6, 6.07) is 7.07. The summed E-state index contributed by atoms with van der Waals surface area (Å²) in [6.45, 7) is 5.57. The molecule has 0 bridgehead atoms. The lowest BCUT2D eigenvalue weighted by Gasteiger charge is -2.15. The van der Waals surface area contributed by atoms with Crippen LogP contribution in [0.3, 0.4) is 0 Å². The predicted octanol–water partition coefficient (Wildman–Crippen LogP) is 3.06. The average Bonchev–Trinajstić information content (AvgIpc) is 2.92. The molecule has 0 unspecified atom stereocenters. The average molecular weight is 298 g/mol. The van der Waals surface area contributed by atoms with E-state index in [1.807, 2.05) is 24.0 Å². The van der Waals surface area contributed by atoms with Gasteiger partial charge in [-0.15, -0.1) is 0 Å². The minimum Gasteiger partial charge on any atom is -0.308 e. The van der Waals surface area contributed by atoms with Crippen LogP contribution in [0.2, 0.25) is 0 Å². The second-order valence-electron chi connectivity index (χ2n) is 5.63. The number of rotatable bonds is 5. The van der Waals surface area contributed by atoms with Gasteiger partial charge in [0, 0.05) is 30.4 Å². The summed E-state index contributed by atoms with van der Waals surface area (Å²) in [6.07, 6.45) is 5.57. The highest BCUT2D eigenvalue weighted by molar-refractivity contribution is 5.82. The highest BCUT2D eigenvalue weighted by Crippen LogP contribution is 2.19. The molecule has 2 aromatic heterocycles. The molecule has 2 heterocycles. The SMILES string of the molecule is Cc1cnn(C[C@H](C)NCc2ccc(F)c3cccnc23)c1. The van der Waals surface area contributed by atoms with Crippen LogP contribution in [0.25, 0.3) is 10.9 Å². The van der Waals surface area contributed by atoms with Crippen LogP contribution in [0.15, 0.2) is 42.9 Å². The molecule has 0 aliphatic heterocycles. The van der Waals surface area contributed by atoms with Crippen molar-refractivity contribution in [2.75, 3.05) is 0 Å². The van der Waals surface area contributed by atoms with Crippen molar-refractivity contribution in [2.45, 2.75) is 33.0 Å². The first-order chi connectivity index (χ1) is 10.6. The Hall–Kier alpha value is -2.27. The van der Waals surface area contributed by atoms with Crippen LogP contribution in [0.5, 0.6) is 0 Å². The number of hydrogen-bond donors (Lipinski definition) is 1. The third kappa shape index (κ3) is 3.14. The summed E-state index contributed by atoms with van der Waals surface area (Å²) < 4.78 is 15.7. The third-order valence-electron chi connectivity index (χ3n) is 3.66. The van der Waals surface area contributed by atoms with Crippen LogP contribution in [-0.2, 0) is 13.1 Å². The topological polar surface area (TPSA) is 42.7 Å². The number of nitrogens with one attached hydrogen (secondary N) is 1. The summed E-state index contributed by atoms with van der Waals surface area (Å²) in [5.74, 6) is -0.230. The van der Waals surface area contributed by atoms with Crippen molar-refractivity contribution in [1.82, 2.24) is 20.1 Å². The van der Waals surface area contributed by atoms with E-state index in [0.717, 1.165) is 23.2 Å². The van der Waals surface area contributed by atoms with E-state index in [1.54, 1.807) is 24.4 Å². The number of aryl methyl sites for hydroxylation is 1. The maximum absolute atomic E-state index is 13.8. The summed E-state index contributed by atoms with van der Waals surface area (Å²) in [7, 11) is 0. The van der Waals surface area contributed by atoms with E-state index in [4.69, 9.17) is 0 Å². The van der Waals surface area contributed by atoms with Gasteiger partial charge in [-0.1, -0.05) is 6.07 Å². The number of nitrogens with zero attached hydrogens (tertiary/aromatic N) is 3. The standard InChI is InChI=1S/C17H19FN4/c1-12-8-21-22(10-12)11-13(2)20-9-14-5-6-16(18)15-4-3-7-19-17(14)15/h3-8,10,13,20H,9,11H2,1-2H3/t13-/m0/s1. The normalized spacial score (nSPS) is 12.7. The van der Waals surface area contributed by atoms with Crippen LogP contribution in [0.1, 0.15) is 18.1 Å². The van der Waals surface area contributed by atoms with Gasteiger partial charge in [-0.2, -0.15) is 5.10 Å². The van der Waals surface area contributed by atoms with Gasteiger partial charge in [-0.3, -0.25) is 9.67 Å². The molecule has 0 aliphatic rings. The Morgan fingerprint density at radius 2 is 2.18 bits per heavy atom. The first kappa shape index (κ1) is 14.7. The molecule has 0 spiro atoms. The molecule has 4 nitrogen and oxygen atoms in total. The number of fused-ring (bicyclic) bond motifs is 1. The van der Waals surface area contributed by atoms with Crippen molar-refractivity contribution < 1.29 is 4.39 Å². The molecule has 5 heteroatoms. The number of halogens is 1. The molecular formula is C17H19FN4. The van der Waals surface area contributed by atoms with Gasteiger partial charge in [0.2, 0.25) is 0 Å². The van der Waals surface area contributed by atoms with E-state index < -0.39 is 0 Å². The maximum atomic E-state index is 13.8. The molecular weight excluding hydrogens is 279 g/mol. The lowest BCUT2D eigenvalue weighted by Crippen LogP contribution is -2.30. The molecule has 0 aliphatic carbocycles. The molecule has 114 valence electrons. The van der Waals surface area contributed by atoms with Gasteiger partial charge < -0.3 is 5.32 Å². The van der Waals surface area contributed by atoms with Crippen molar-refractivity contribution in [3.05, 3.63) is 59.8 Å². The lowest BCUT2D eigenvalue weighted by atomic mass is 10.1. The van der Waals surface area contributed by atoms with Crippen molar-refractivity contribution in [2.24, 2.45) is 0 Å². The molecule has 0 saturated carbocycles. The fourth-order valence-electron chi connectivity index (χ4n) is 2.54. The van der Waals surface area contributed by atoms with Crippen molar-refractivity contribution >= 4 is 10.9 Å². The zero-order valence-corrected chi connectivity index (χ0v) is 12.8. The zero-order chi connectivity index (χ0) is 15.5. The second kappa shape index (κ2) is 6.23. The van der Waals surface area contributed by atoms with Gasteiger partial charge in [-0.25, -0.2) is 4.39 Å². The summed E-state index contributed by atoms with van der Waals surface area (Å²) in [4.78, 5) is 4.31. The smallest absolute Gasteiger partial charge is 0.132 e. The van der Waals surface area contributed by atoms with E-state index in [9.17, 15) is 4.39 Å². The lowest BCUT2D eigenvalue weighted by molar-refractivity contribution is 0.451. The van der Waals surface area contributed by atoms with Crippen molar-refractivity contribution in [3.8, 4) is 0 Å². The Bertz CT molecular complexity index is 781. The zero-order valence-electron chi connectivity index (χ0n) is 12.8. The van der Waals surface area contributed by atoms with Crippen LogP contribution in [0.4, 0.5) is 4.39 Å². The Kier molecular flexibility index (Phi) is 4.15. The predicted molar refractivity (Wildman–Crippen MR) is 85.0 cm³/mol. The Labute approximate surface area is 129 Å². The minimum absolute atomic E-state index is 0.230. The van der Waals surface area contributed by atoms with Gasteiger partial charge in [0.15, 0.2) is 0 Å². The van der Waals surface area contributed by atoms with E-state index in [-0.39, 0.29) is 11.9 Å². The summed E-state index contributed by atoms with van der Waals surface area (Å²) in [5.41, 5.74) is 2.87. The van der Waals surface area contributed by atoms with Crippen LogP contribution >= 0.6 is 0 Å². The molecule has 0 saturated heterocycles. The summed E-state index contributed by atoms with van der Waals surface area (Å²) in [5, 5.41) is 8.30. The second-order valence-corrected chi connectivity index (χ2v) is 5.63. The number of pyridine rings is 1. The Morgan fingerprint density at radius 3 is 2.95 bits per heavy atom. The third-order valence-corrected chi connectivity index (χ3v) is 3.66. The maximum Gasteiger partial charge on any atom is 0.132 e. The fourth-order valence-corrected chi connectivity index (χ4v) is 2.54. The van der Waals surface area contributed by atoms with E-state index in [0.29, 0.717) is 11.9 Å². The first-order valence-corrected chi connectivity index (χ1v) is 7.38. The molecule has 1 aromatic carbocycles. The monoisotopic (exact) mass is 298 g/mol. The quantitative estimate of drug-likeness (QED) is 0.787. The van der Waals surface area contributed by atoms with Gasteiger partial charge >= 0.3 is 0 Å². The molecule has 0 amide bonds. The summed E-state index contributed by atoms with van der Waals surface area (Å²) >= 11 is 0. The van der Waals surface area contributed by atoms with E-state index in [2.05, 4.69) is 22.3 Å². The van der Waals surface area contributed by atoms with Gasteiger partial charge in [0.05, 0.1) is 18.3 Å². The van der Waals surface area contributed by atoms with Gasteiger partial charge in [0.25, 0.3) is 0 Å². The molecule has 1 N–H and O–H groups in total. The fraction of sp³-hybridized carbons (Fsp3) is 0.294. The van der Waals surface area contributed by atoms with Crippen LogP contribution < -0.4 is 5.32 Å². The van der Waals surface area contributed by atoms with Crippen LogP contribution in [0, 0.1) is 12.7 Å². The van der Waals surface area contributed by atoms with E-state index in [1.165, 1.54) is 6.07 Å². The number of benzene rings is 1. The first-order valence-electron chi connectivity index (χ1n) is 7.38. The Balaban J connectivity index is 1.70. The molecule has 3 rings (SSSR count).